The third kappa shape index (κ3) is 2.64. The molecular formula is C28H16O2S. The van der Waals surface area contributed by atoms with Gasteiger partial charge in [0.05, 0.1) is 12.5 Å². The van der Waals surface area contributed by atoms with Crippen LogP contribution in [-0.4, -0.2) is 0 Å². The Morgan fingerprint density at radius 1 is 0.484 bits per heavy atom. The summed E-state index contributed by atoms with van der Waals surface area (Å²) in [7, 11) is 0. The third-order valence-electron chi connectivity index (χ3n) is 6.00. The molecule has 0 aliphatic rings. The molecule has 7 aromatic rings. The fourth-order valence-electron chi connectivity index (χ4n) is 4.45. The van der Waals surface area contributed by atoms with Crippen LogP contribution in [-0.2, 0) is 0 Å². The van der Waals surface area contributed by atoms with Crippen LogP contribution in [0.4, 0.5) is 0 Å². The molecule has 7 rings (SSSR count). The molecule has 3 heteroatoms. The zero-order valence-electron chi connectivity index (χ0n) is 16.5. The van der Waals surface area contributed by atoms with Gasteiger partial charge in [-0.1, -0.05) is 24.3 Å². The average Bonchev–Trinajstić information content (AvgIpc) is 3.57. The molecular weight excluding hydrogens is 400 g/mol. The number of thiophene rings is 1. The highest BCUT2D eigenvalue weighted by Crippen LogP contribution is 2.40. The van der Waals surface area contributed by atoms with Gasteiger partial charge in [0.1, 0.15) is 11.5 Å². The molecule has 0 fully saturated rings. The minimum Gasteiger partial charge on any atom is -0.464 e. The van der Waals surface area contributed by atoms with E-state index in [0.29, 0.717) is 0 Å². The van der Waals surface area contributed by atoms with Crippen LogP contribution in [0.25, 0.3) is 64.4 Å². The Morgan fingerprint density at radius 3 is 1.45 bits per heavy atom. The summed E-state index contributed by atoms with van der Waals surface area (Å²) in [6.45, 7) is 0. The summed E-state index contributed by atoms with van der Waals surface area (Å²) in [5.74, 6) is 1.79. The van der Waals surface area contributed by atoms with Crippen LogP contribution in [0.1, 0.15) is 0 Å². The van der Waals surface area contributed by atoms with Crippen molar-refractivity contribution in [1.29, 1.82) is 0 Å². The standard InChI is InChI=1S/C28H16O2S/c1-3-25(29-9-1)19-7-5-17-15-27-23(13-21(17)11-19)24-14-22-12-20(26-4-2-10-30-26)8-6-18(22)16-28(24)31-27/h1-16H. The van der Waals surface area contributed by atoms with Crippen LogP contribution in [0, 0.1) is 0 Å². The van der Waals surface area contributed by atoms with E-state index in [2.05, 4.69) is 60.7 Å². The first-order chi connectivity index (χ1) is 15.3. The summed E-state index contributed by atoms with van der Waals surface area (Å²) in [5, 5.41) is 7.55. The zero-order chi connectivity index (χ0) is 20.4. The van der Waals surface area contributed by atoms with E-state index in [1.807, 2.05) is 35.6 Å². The molecule has 0 aliphatic carbocycles. The van der Waals surface area contributed by atoms with Crippen molar-refractivity contribution in [2.75, 3.05) is 0 Å². The molecule has 0 bridgehead atoms. The molecule has 0 saturated carbocycles. The van der Waals surface area contributed by atoms with Gasteiger partial charge in [-0.05, 0) is 82.2 Å². The van der Waals surface area contributed by atoms with Crippen molar-refractivity contribution in [3.63, 3.8) is 0 Å². The number of furan rings is 2. The molecule has 4 aromatic carbocycles. The van der Waals surface area contributed by atoms with Gasteiger partial charge in [0.2, 0.25) is 0 Å². The SMILES string of the molecule is c1coc(-c2ccc3cc4sc5cc6ccc(-c7ccco7)cc6cc5c4cc3c2)c1. The number of benzene rings is 4. The van der Waals surface area contributed by atoms with Crippen molar-refractivity contribution in [3.05, 3.63) is 97.5 Å². The first-order valence-electron chi connectivity index (χ1n) is 10.2. The van der Waals surface area contributed by atoms with Gasteiger partial charge in [-0.3, -0.25) is 0 Å². The Balaban J connectivity index is 1.47. The molecule has 0 aliphatic heterocycles. The second-order valence-corrected chi connectivity index (χ2v) is 8.96. The van der Waals surface area contributed by atoms with Gasteiger partial charge in [0.25, 0.3) is 0 Å². The maximum atomic E-state index is 5.60. The van der Waals surface area contributed by atoms with Gasteiger partial charge >= 0.3 is 0 Å². The maximum Gasteiger partial charge on any atom is 0.133 e. The summed E-state index contributed by atoms with van der Waals surface area (Å²) in [6.07, 6.45) is 3.44. The fourth-order valence-corrected chi connectivity index (χ4v) is 5.62. The van der Waals surface area contributed by atoms with E-state index in [4.69, 9.17) is 8.83 Å². The molecule has 0 saturated heterocycles. The lowest BCUT2D eigenvalue weighted by Crippen LogP contribution is -1.78. The van der Waals surface area contributed by atoms with Crippen molar-refractivity contribution in [2.24, 2.45) is 0 Å². The van der Waals surface area contributed by atoms with Crippen molar-refractivity contribution >= 4 is 53.1 Å². The Bertz CT molecular complexity index is 1590. The molecule has 0 amide bonds. The smallest absolute Gasteiger partial charge is 0.133 e. The first kappa shape index (κ1) is 16.9. The van der Waals surface area contributed by atoms with Crippen molar-refractivity contribution in [3.8, 4) is 22.6 Å². The molecule has 2 nitrogen and oxygen atoms in total. The van der Waals surface area contributed by atoms with Crippen molar-refractivity contribution in [2.45, 2.75) is 0 Å². The highest BCUT2D eigenvalue weighted by molar-refractivity contribution is 7.26. The van der Waals surface area contributed by atoms with Crippen LogP contribution in [0.2, 0.25) is 0 Å². The van der Waals surface area contributed by atoms with Crippen LogP contribution in [0.15, 0.2) is 106 Å². The van der Waals surface area contributed by atoms with Crippen LogP contribution < -0.4 is 0 Å². The van der Waals surface area contributed by atoms with E-state index >= 15 is 0 Å². The molecule has 3 heterocycles. The first-order valence-corrected chi connectivity index (χ1v) is 11.1. The highest BCUT2D eigenvalue weighted by atomic mass is 32.1. The zero-order valence-corrected chi connectivity index (χ0v) is 17.3. The second kappa shape index (κ2) is 6.34. The molecule has 0 N–H and O–H groups in total. The minimum absolute atomic E-state index is 0.897. The molecule has 31 heavy (non-hydrogen) atoms. The molecule has 0 spiro atoms. The van der Waals surface area contributed by atoms with E-state index in [0.717, 1.165) is 22.6 Å². The number of hydrogen-bond acceptors (Lipinski definition) is 3. The molecule has 0 unspecified atom stereocenters. The van der Waals surface area contributed by atoms with Gasteiger partial charge in [-0.15, -0.1) is 11.3 Å². The second-order valence-electron chi connectivity index (χ2n) is 7.88. The average molecular weight is 417 g/mol. The Kier molecular flexibility index (Phi) is 3.46. The van der Waals surface area contributed by atoms with E-state index in [1.165, 1.54) is 41.7 Å². The lowest BCUT2D eigenvalue weighted by Gasteiger charge is -2.04. The molecule has 0 atom stereocenters. The Hall–Kier alpha value is -3.82. The molecule has 3 aromatic heterocycles. The summed E-state index contributed by atoms with van der Waals surface area (Å²) in [6, 6.07) is 30.2. The normalized spacial score (nSPS) is 11.9. The van der Waals surface area contributed by atoms with Gasteiger partial charge in [0.15, 0.2) is 0 Å². The van der Waals surface area contributed by atoms with E-state index in [1.54, 1.807) is 12.5 Å². The fraction of sp³-hybridized carbons (Fsp3) is 0. The highest BCUT2D eigenvalue weighted by Gasteiger charge is 2.11. The third-order valence-corrected chi connectivity index (χ3v) is 7.11. The molecule has 0 radical (unpaired) electrons. The van der Waals surface area contributed by atoms with Gasteiger partial charge in [-0.2, -0.15) is 0 Å². The lowest BCUT2D eigenvalue weighted by atomic mass is 10.0. The Labute approximate surface area is 182 Å². The van der Waals surface area contributed by atoms with Gasteiger partial charge in [0, 0.05) is 31.3 Å². The van der Waals surface area contributed by atoms with Crippen LogP contribution in [0.5, 0.6) is 0 Å². The predicted octanol–water partition coefficient (Wildman–Crippen LogP) is 8.88. The maximum absolute atomic E-state index is 5.60. The van der Waals surface area contributed by atoms with Crippen molar-refractivity contribution < 1.29 is 8.83 Å². The number of rotatable bonds is 2. The minimum atomic E-state index is 0.897. The summed E-state index contributed by atoms with van der Waals surface area (Å²) < 4.78 is 13.8. The predicted molar refractivity (Wildman–Crippen MR) is 130 cm³/mol. The van der Waals surface area contributed by atoms with Crippen molar-refractivity contribution in [1.82, 2.24) is 0 Å². The number of fused-ring (bicyclic) bond motifs is 5. The number of hydrogen-bond donors (Lipinski definition) is 0. The Morgan fingerprint density at radius 2 is 1.00 bits per heavy atom. The quantitative estimate of drug-likeness (QED) is 0.281. The summed E-state index contributed by atoms with van der Waals surface area (Å²) in [4.78, 5) is 0. The largest absolute Gasteiger partial charge is 0.464 e. The van der Waals surface area contributed by atoms with E-state index in [-0.39, 0.29) is 0 Å². The van der Waals surface area contributed by atoms with E-state index < -0.39 is 0 Å². The topological polar surface area (TPSA) is 26.3 Å². The van der Waals surface area contributed by atoms with Gasteiger partial charge < -0.3 is 8.83 Å². The summed E-state index contributed by atoms with van der Waals surface area (Å²) >= 11 is 1.86. The van der Waals surface area contributed by atoms with Crippen LogP contribution in [0.3, 0.4) is 0 Å². The van der Waals surface area contributed by atoms with Crippen LogP contribution >= 0.6 is 11.3 Å². The summed E-state index contributed by atoms with van der Waals surface area (Å²) in [5.41, 5.74) is 2.20. The monoisotopic (exact) mass is 416 g/mol. The van der Waals surface area contributed by atoms with E-state index in [9.17, 15) is 0 Å². The van der Waals surface area contributed by atoms with Gasteiger partial charge in [-0.25, -0.2) is 0 Å². The molecule has 146 valence electrons. The lowest BCUT2D eigenvalue weighted by molar-refractivity contribution is 0.582.